The van der Waals surface area contributed by atoms with Gasteiger partial charge in [0.25, 0.3) is 0 Å². The third-order valence-electron chi connectivity index (χ3n) is 3.12. The Hall–Kier alpha value is -1.36. The zero-order valence-electron chi connectivity index (χ0n) is 10.2. The van der Waals surface area contributed by atoms with Crippen LogP contribution in [0.5, 0.6) is 0 Å². The Labute approximate surface area is 107 Å². The number of hydrogen-bond acceptors (Lipinski definition) is 3. The molecule has 1 amide bonds. The number of thiocarbonyl (C=S) groups is 1. The first-order chi connectivity index (χ1) is 8.06. The number of rotatable bonds is 6. The number of hydrogen-bond donors (Lipinski definition) is 2. The van der Waals surface area contributed by atoms with Gasteiger partial charge in [0.15, 0.2) is 0 Å². The summed E-state index contributed by atoms with van der Waals surface area (Å²) in [6, 6.07) is 3.59. The van der Waals surface area contributed by atoms with E-state index in [1.54, 1.807) is 18.4 Å². The highest BCUT2D eigenvalue weighted by atomic mass is 32.1. The van der Waals surface area contributed by atoms with Gasteiger partial charge in [0.05, 0.1) is 23.2 Å². The van der Waals surface area contributed by atoms with Gasteiger partial charge in [-0.3, -0.25) is 4.79 Å². The van der Waals surface area contributed by atoms with Crippen LogP contribution in [0.4, 0.5) is 0 Å². The van der Waals surface area contributed by atoms with Gasteiger partial charge in [0.2, 0.25) is 5.91 Å². The van der Waals surface area contributed by atoms with Gasteiger partial charge in [-0.05, 0) is 25.0 Å². The number of nitrogens with one attached hydrogen (secondary N) is 1. The van der Waals surface area contributed by atoms with Crippen molar-refractivity contribution in [3.63, 3.8) is 0 Å². The molecule has 5 heteroatoms. The number of carbonyl (C=O) groups excluding carboxylic acids is 1. The molecule has 4 nitrogen and oxygen atoms in total. The normalized spacial score (nSPS) is 11.2. The molecule has 0 aliphatic heterocycles. The van der Waals surface area contributed by atoms with Crippen LogP contribution >= 0.6 is 12.2 Å². The van der Waals surface area contributed by atoms with Gasteiger partial charge < -0.3 is 15.5 Å². The maximum atomic E-state index is 12.1. The third kappa shape index (κ3) is 2.85. The lowest BCUT2D eigenvalue weighted by atomic mass is 9.81. The van der Waals surface area contributed by atoms with E-state index < -0.39 is 5.41 Å². The molecule has 0 spiro atoms. The van der Waals surface area contributed by atoms with Crippen LogP contribution < -0.4 is 11.1 Å². The largest absolute Gasteiger partial charge is 0.467 e. The van der Waals surface area contributed by atoms with E-state index in [-0.39, 0.29) is 10.9 Å². The fraction of sp³-hybridized carbons (Fsp3) is 0.500. The van der Waals surface area contributed by atoms with E-state index in [1.165, 1.54) is 0 Å². The van der Waals surface area contributed by atoms with Crippen LogP contribution in [0.25, 0.3) is 0 Å². The Balaban J connectivity index is 2.69. The van der Waals surface area contributed by atoms with E-state index in [4.69, 9.17) is 22.4 Å². The Morgan fingerprint density at radius 2 is 2.18 bits per heavy atom. The van der Waals surface area contributed by atoms with Crippen LogP contribution in [0.15, 0.2) is 22.8 Å². The molecule has 17 heavy (non-hydrogen) atoms. The lowest BCUT2D eigenvalue weighted by Gasteiger charge is -2.28. The first-order valence-corrected chi connectivity index (χ1v) is 6.08. The van der Waals surface area contributed by atoms with Crippen molar-refractivity contribution in [3.05, 3.63) is 24.2 Å². The van der Waals surface area contributed by atoms with Crippen molar-refractivity contribution in [2.45, 2.75) is 33.2 Å². The molecule has 0 bridgehead atoms. The third-order valence-corrected chi connectivity index (χ3v) is 3.51. The Kier molecular flexibility index (Phi) is 4.69. The highest BCUT2D eigenvalue weighted by molar-refractivity contribution is 7.80. The summed E-state index contributed by atoms with van der Waals surface area (Å²) in [4.78, 5) is 12.4. The molecule has 1 aromatic rings. The van der Waals surface area contributed by atoms with E-state index >= 15 is 0 Å². The predicted molar refractivity (Wildman–Crippen MR) is 70.4 cm³/mol. The highest BCUT2D eigenvalue weighted by Crippen LogP contribution is 2.27. The Morgan fingerprint density at radius 1 is 1.53 bits per heavy atom. The fourth-order valence-corrected chi connectivity index (χ4v) is 2.16. The number of furan rings is 1. The average Bonchev–Trinajstić information content (AvgIpc) is 2.81. The van der Waals surface area contributed by atoms with Gasteiger partial charge in [-0.1, -0.05) is 26.1 Å². The van der Waals surface area contributed by atoms with Gasteiger partial charge in [0.1, 0.15) is 5.76 Å². The maximum absolute atomic E-state index is 12.1. The van der Waals surface area contributed by atoms with E-state index in [9.17, 15) is 4.79 Å². The zero-order valence-corrected chi connectivity index (χ0v) is 11.0. The van der Waals surface area contributed by atoms with Crippen molar-refractivity contribution in [1.29, 1.82) is 0 Å². The molecule has 1 heterocycles. The minimum absolute atomic E-state index is 0.133. The molecule has 0 saturated carbocycles. The lowest BCUT2D eigenvalue weighted by Crippen LogP contribution is -2.48. The summed E-state index contributed by atoms with van der Waals surface area (Å²) in [5, 5.41) is 2.81. The smallest absolute Gasteiger partial charge is 0.233 e. The predicted octanol–water partition coefficient (Wildman–Crippen LogP) is 1.99. The molecular weight excluding hydrogens is 236 g/mol. The Bertz CT molecular complexity index is 383. The van der Waals surface area contributed by atoms with E-state index in [1.807, 2.05) is 13.8 Å². The number of amides is 1. The van der Waals surface area contributed by atoms with Gasteiger partial charge in [0, 0.05) is 0 Å². The SMILES string of the molecule is CCC(CC)(C(=O)NCc1ccco1)C(N)=S. The van der Waals surface area contributed by atoms with Crippen LogP contribution in [0, 0.1) is 5.41 Å². The summed E-state index contributed by atoms with van der Waals surface area (Å²) in [6.45, 7) is 4.18. The van der Waals surface area contributed by atoms with Gasteiger partial charge in [-0.25, -0.2) is 0 Å². The van der Waals surface area contributed by atoms with Gasteiger partial charge in [-0.15, -0.1) is 0 Å². The average molecular weight is 254 g/mol. The molecule has 0 aromatic carbocycles. The van der Waals surface area contributed by atoms with Crippen LogP contribution in [0.3, 0.4) is 0 Å². The van der Waals surface area contributed by atoms with Gasteiger partial charge >= 0.3 is 0 Å². The molecule has 3 N–H and O–H groups in total. The summed E-state index contributed by atoms with van der Waals surface area (Å²) in [5.41, 5.74) is 4.94. The molecule has 0 aliphatic carbocycles. The van der Waals surface area contributed by atoms with Crippen molar-refractivity contribution in [1.82, 2.24) is 5.32 Å². The van der Waals surface area contributed by atoms with E-state index in [0.717, 1.165) is 0 Å². The molecule has 0 fully saturated rings. The molecule has 1 rings (SSSR count). The summed E-state index contributed by atoms with van der Waals surface area (Å²) in [7, 11) is 0. The minimum atomic E-state index is -0.748. The van der Waals surface area contributed by atoms with Crippen molar-refractivity contribution in [2.75, 3.05) is 0 Å². The summed E-state index contributed by atoms with van der Waals surface area (Å²) in [5.74, 6) is 0.578. The second-order valence-electron chi connectivity index (χ2n) is 3.92. The quantitative estimate of drug-likeness (QED) is 0.762. The van der Waals surface area contributed by atoms with Crippen molar-refractivity contribution in [2.24, 2.45) is 11.1 Å². The molecule has 1 aromatic heterocycles. The molecule has 0 unspecified atom stereocenters. The topological polar surface area (TPSA) is 68.3 Å². The fourth-order valence-electron chi connectivity index (χ4n) is 1.78. The summed E-state index contributed by atoms with van der Waals surface area (Å²) >= 11 is 5.01. The number of carbonyl (C=O) groups is 1. The van der Waals surface area contributed by atoms with Crippen LogP contribution in [-0.2, 0) is 11.3 Å². The lowest BCUT2D eigenvalue weighted by molar-refractivity contribution is -0.128. The minimum Gasteiger partial charge on any atom is -0.467 e. The van der Waals surface area contributed by atoms with Crippen molar-refractivity contribution >= 4 is 23.1 Å². The number of nitrogens with two attached hydrogens (primary N) is 1. The highest BCUT2D eigenvalue weighted by Gasteiger charge is 2.37. The second kappa shape index (κ2) is 5.82. The summed E-state index contributed by atoms with van der Waals surface area (Å²) in [6.07, 6.45) is 2.77. The molecule has 0 radical (unpaired) electrons. The zero-order chi connectivity index (χ0) is 12.9. The molecule has 0 saturated heterocycles. The molecule has 0 atom stereocenters. The van der Waals surface area contributed by atoms with E-state index in [2.05, 4.69) is 5.32 Å². The monoisotopic (exact) mass is 254 g/mol. The summed E-state index contributed by atoms with van der Waals surface area (Å²) < 4.78 is 5.15. The molecular formula is C12H18N2O2S. The van der Waals surface area contributed by atoms with Crippen LogP contribution in [0.1, 0.15) is 32.4 Å². The Morgan fingerprint density at radius 3 is 2.59 bits per heavy atom. The maximum Gasteiger partial charge on any atom is 0.233 e. The van der Waals surface area contributed by atoms with Crippen molar-refractivity contribution in [3.8, 4) is 0 Å². The van der Waals surface area contributed by atoms with E-state index in [0.29, 0.717) is 25.1 Å². The van der Waals surface area contributed by atoms with Crippen LogP contribution in [-0.4, -0.2) is 10.9 Å². The second-order valence-corrected chi connectivity index (χ2v) is 4.36. The molecule has 0 aliphatic rings. The van der Waals surface area contributed by atoms with Crippen molar-refractivity contribution < 1.29 is 9.21 Å². The standard InChI is InChI=1S/C12H18N2O2S/c1-3-12(4-2,10(13)17)11(15)14-8-9-6-5-7-16-9/h5-7H,3-4,8H2,1-2H3,(H2,13,17)(H,14,15). The van der Waals surface area contributed by atoms with Gasteiger partial charge in [-0.2, -0.15) is 0 Å². The van der Waals surface area contributed by atoms with Crippen LogP contribution in [0.2, 0.25) is 0 Å². The first-order valence-electron chi connectivity index (χ1n) is 5.67. The molecule has 94 valence electrons. The first kappa shape index (κ1) is 13.7.